The minimum absolute atomic E-state index is 0.118. The van der Waals surface area contributed by atoms with Gasteiger partial charge in [-0.25, -0.2) is 4.68 Å². The molecular formula is C20H21N3OS. The van der Waals surface area contributed by atoms with Gasteiger partial charge in [0.2, 0.25) is 0 Å². The van der Waals surface area contributed by atoms with E-state index in [2.05, 4.69) is 17.3 Å². The summed E-state index contributed by atoms with van der Waals surface area (Å²) in [7, 11) is 0. The van der Waals surface area contributed by atoms with Crippen LogP contribution in [-0.2, 0) is 6.54 Å². The Kier molecular flexibility index (Phi) is 5.56. The van der Waals surface area contributed by atoms with Gasteiger partial charge in [0.25, 0.3) is 5.91 Å². The van der Waals surface area contributed by atoms with E-state index in [4.69, 9.17) is 0 Å². The number of rotatable bonds is 6. The molecule has 0 bridgehead atoms. The molecule has 0 fully saturated rings. The lowest BCUT2D eigenvalue weighted by molar-refractivity contribution is 0.102. The van der Waals surface area contributed by atoms with E-state index in [1.807, 2.05) is 72.3 Å². The van der Waals surface area contributed by atoms with Crippen molar-refractivity contribution in [1.29, 1.82) is 0 Å². The molecule has 5 heteroatoms. The van der Waals surface area contributed by atoms with E-state index in [0.29, 0.717) is 17.9 Å². The topological polar surface area (TPSA) is 46.9 Å². The van der Waals surface area contributed by atoms with Crippen molar-refractivity contribution in [2.45, 2.75) is 25.3 Å². The number of aromatic nitrogens is 2. The van der Waals surface area contributed by atoms with E-state index in [1.165, 1.54) is 0 Å². The van der Waals surface area contributed by atoms with Crippen LogP contribution in [-0.4, -0.2) is 21.4 Å². The van der Waals surface area contributed by atoms with E-state index in [1.54, 1.807) is 11.8 Å². The van der Waals surface area contributed by atoms with Crippen LogP contribution >= 0.6 is 11.8 Å². The van der Waals surface area contributed by atoms with Crippen LogP contribution in [0.5, 0.6) is 0 Å². The molecule has 3 aromatic rings. The fourth-order valence-electron chi connectivity index (χ4n) is 2.61. The molecule has 4 nitrogen and oxygen atoms in total. The molecule has 0 aliphatic rings. The predicted octanol–water partition coefficient (Wildman–Crippen LogP) is 4.60. The zero-order chi connectivity index (χ0) is 17.6. The number of hydrogen-bond acceptors (Lipinski definition) is 3. The molecule has 2 aromatic carbocycles. The molecule has 0 saturated heterocycles. The number of amides is 1. The number of benzene rings is 2. The Hall–Kier alpha value is -2.53. The maximum Gasteiger partial charge on any atom is 0.256 e. The van der Waals surface area contributed by atoms with Crippen molar-refractivity contribution in [1.82, 2.24) is 9.78 Å². The largest absolute Gasteiger partial charge is 0.307 e. The summed E-state index contributed by atoms with van der Waals surface area (Å²) in [5.41, 5.74) is 2.67. The molecule has 1 N–H and O–H groups in total. The van der Waals surface area contributed by atoms with Gasteiger partial charge in [-0.1, -0.05) is 43.3 Å². The molecule has 128 valence electrons. The lowest BCUT2D eigenvalue weighted by atomic mass is 10.2. The Morgan fingerprint density at radius 2 is 1.92 bits per heavy atom. The summed E-state index contributed by atoms with van der Waals surface area (Å²) in [6, 6.07) is 19.7. The number of nitrogens with zero attached hydrogens (tertiary/aromatic N) is 2. The van der Waals surface area contributed by atoms with Gasteiger partial charge in [0, 0.05) is 16.5 Å². The maximum atomic E-state index is 12.6. The first-order chi connectivity index (χ1) is 12.2. The quantitative estimate of drug-likeness (QED) is 0.660. The third kappa shape index (κ3) is 4.51. The van der Waals surface area contributed by atoms with Crippen LogP contribution in [0.4, 0.5) is 5.82 Å². The summed E-state index contributed by atoms with van der Waals surface area (Å²) in [4.78, 5) is 13.7. The highest BCUT2D eigenvalue weighted by molar-refractivity contribution is 7.99. The molecule has 1 heterocycles. The monoisotopic (exact) mass is 351 g/mol. The van der Waals surface area contributed by atoms with Crippen LogP contribution in [0.1, 0.15) is 28.5 Å². The van der Waals surface area contributed by atoms with E-state index >= 15 is 0 Å². The van der Waals surface area contributed by atoms with E-state index in [-0.39, 0.29) is 5.91 Å². The Morgan fingerprint density at radius 3 is 2.68 bits per heavy atom. The first-order valence-electron chi connectivity index (χ1n) is 8.28. The van der Waals surface area contributed by atoms with Crippen LogP contribution in [0.3, 0.4) is 0 Å². The number of hydrogen-bond donors (Lipinski definition) is 1. The van der Waals surface area contributed by atoms with Crippen molar-refractivity contribution in [3.05, 3.63) is 77.5 Å². The van der Waals surface area contributed by atoms with Crippen molar-refractivity contribution in [3.8, 4) is 0 Å². The van der Waals surface area contributed by atoms with Crippen LogP contribution < -0.4 is 5.32 Å². The van der Waals surface area contributed by atoms with Gasteiger partial charge in [-0.05, 0) is 36.4 Å². The van der Waals surface area contributed by atoms with Crippen molar-refractivity contribution in [2.75, 3.05) is 11.1 Å². The number of carbonyl (C=O) groups excluding carboxylic acids is 1. The summed E-state index contributed by atoms with van der Waals surface area (Å²) >= 11 is 1.72. The van der Waals surface area contributed by atoms with Gasteiger partial charge in [0.15, 0.2) is 0 Å². The Labute approximate surface area is 152 Å². The second-order valence-electron chi connectivity index (χ2n) is 5.73. The first kappa shape index (κ1) is 17.3. The van der Waals surface area contributed by atoms with Crippen LogP contribution in [0, 0.1) is 6.92 Å². The molecule has 25 heavy (non-hydrogen) atoms. The number of aryl methyl sites for hydroxylation is 1. The first-order valence-corrected chi connectivity index (χ1v) is 9.27. The molecule has 0 radical (unpaired) electrons. The van der Waals surface area contributed by atoms with Crippen LogP contribution in [0.2, 0.25) is 0 Å². The van der Waals surface area contributed by atoms with Gasteiger partial charge in [-0.15, -0.1) is 11.8 Å². The molecule has 1 aromatic heterocycles. The lowest BCUT2D eigenvalue weighted by Gasteiger charge is -2.10. The van der Waals surface area contributed by atoms with E-state index < -0.39 is 0 Å². The minimum atomic E-state index is -0.118. The minimum Gasteiger partial charge on any atom is -0.307 e. The summed E-state index contributed by atoms with van der Waals surface area (Å²) in [5, 5.41) is 7.49. The fraction of sp³-hybridized carbons (Fsp3) is 0.200. The molecule has 0 aliphatic heterocycles. The number of thioether (sulfide) groups is 1. The smallest absolute Gasteiger partial charge is 0.256 e. The van der Waals surface area contributed by atoms with Crippen LogP contribution in [0.15, 0.2) is 65.6 Å². The fourth-order valence-corrected chi connectivity index (χ4v) is 3.32. The molecule has 0 spiro atoms. The summed E-state index contributed by atoms with van der Waals surface area (Å²) in [6.07, 6.45) is 0. The molecule has 1 amide bonds. The van der Waals surface area contributed by atoms with Gasteiger partial charge >= 0.3 is 0 Å². The normalized spacial score (nSPS) is 10.6. The Morgan fingerprint density at radius 1 is 1.12 bits per heavy atom. The van der Waals surface area contributed by atoms with Gasteiger partial charge in [0.1, 0.15) is 5.82 Å². The Balaban J connectivity index is 1.78. The van der Waals surface area contributed by atoms with Gasteiger partial charge in [-0.2, -0.15) is 5.10 Å². The molecule has 0 saturated carbocycles. The maximum absolute atomic E-state index is 12.6. The Bertz CT molecular complexity index is 858. The summed E-state index contributed by atoms with van der Waals surface area (Å²) < 4.78 is 1.83. The highest BCUT2D eigenvalue weighted by Crippen LogP contribution is 2.20. The lowest BCUT2D eigenvalue weighted by Crippen LogP contribution is -2.16. The second kappa shape index (κ2) is 8.03. The molecule has 3 rings (SSSR count). The zero-order valence-corrected chi connectivity index (χ0v) is 15.2. The molecule has 0 unspecified atom stereocenters. The number of anilines is 1. The number of carbonyl (C=O) groups is 1. The van der Waals surface area contributed by atoms with Gasteiger partial charge in [-0.3, -0.25) is 4.79 Å². The van der Waals surface area contributed by atoms with Crippen LogP contribution in [0.25, 0.3) is 0 Å². The summed E-state index contributed by atoms with van der Waals surface area (Å²) in [5.74, 6) is 1.57. The van der Waals surface area contributed by atoms with Crippen molar-refractivity contribution in [2.24, 2.45) is 0 Å². The third-order valence-electron chi connectivity index (χ3n) is 3.73. The zero-order valence-electron chi connectivity index (χ0n) is 14.4. The average Bonchev–Trinajstić information content (AvgIpc) is 2.95. The van der Waals surface area contributed by atoms with Gasteiger partial charge < -0.3 is 5.32 Å². The van der Waals surface area contributed by atoms with Crippen molar-refractivity contribution in [3.63, 3.8) is 0 Å². The van der Waals surface area contributed by atoms with Crippen molar-refractivity contribution < 1.29 is 4.79 Å². The molecule has 0 atom stereocenters. The molecule has 0 aliphatic carbocycles. The SMILES string of the molecule is CCSc1cccc(C(=O)Nc2cc(C)nn2Cc2ccccc2)c1. The second-order valence-corrected chi connectivity index (χ2v) is 7.07. The van der Waals surface area contributed by atoms with E-state index in [9.17, 15) is 4.79 Å². The average molecular weight is 351 g/mol. The standard InChI is InChI=1S/C20H21N3OS/c1-3-25-18-11-7-10-17(13-18)20(24)21-19-12-15(2)22-23(19)14-16-8-5-4-6-9-16/h4-13H,3,14H2,1-2H3,(H,21,24). The van der Waals surface area contributed by atoms with Crippen molar-refractivity contribution >= 4 is 23.5 Å². The number of nitrogens with one attached hydrogen (secondary N) is 1. The molecular weight excluding hydrogens is 330 g/mol. The van der Waals surface area contributed by atoms with Gasteiger partial charge in [0.05, 0.1) is 12.2 Å². The van der Waals surface area contributed by atoms with E-state index in [0.717, 1.165) is 21.9 Å². The summed E-state index contributed by atoms with van der Waals surface area (Å²) in [6.45, 7) is 4.65. The third-order valence-corrected chi connectivity index (χ3v) is 4.60. The predicted molar refractivity (Wildman–Crippen MR) is 103 cm³/mol. The highest BCUT2D eigenvalue weighted by atomic mass is 32.2. The highest BCUT2D eigenvalue weighted by Gasteiger charge is 2.12.